The van der Waals surface area contributed by atoms with E-state index in [1.165, 1.54) is 18.6 Å². The number of halogens is 1. The second-order valence-corrected chi connectivity index (χ2v) is 5.14. The molecular weight excluding hydrogens is 243 g/mol. The molecule has 4 heteroatoms. The van der Waals surface area contributed by atoms with Gasteiger partial charge in [0.25, 0.3) is 5.91 Å². The van der Waals surface area contributed by atoms with Crippen LogP contribution in [-0.2, 0) is 0 Å². The van der Waals surface area contributed by atoms with Crippen LogP contribution in [0.4, 0.5) is 4.39 Å². The normalized spacial score (nSPS) is 28.2. The van der Waals surface area contributed by atoms with E-state index >= 15 is 0 Å². The molecule has 0 aliphatic heterocycles. The predicted molar refractivity (Wildman–Crippen MR) is 71.2 cm³/mol. The van der Waals surface area contributed by atoms with Crippen LogP contribution in [-0.4, -0.2) is 12.1 Å². The summed E-state index contributed by atoms with van der Waals surface area (Å²) in [5, 5.41) is 3.96. The van der Waals surface area contributed by atoms with Gasteiger partial charge >= 0.3 is 0 Å². The molecule has 2 aliphatic carbocycles. The molecule has 19 heavy (non-hydrogen) atoms. The lowest BCUT2D eigenvalue weighted by Gasteiger charge is -2.11. The molecule has 0 unspecified atom stereocenters. The second-order valence-electron chi connectivity index (χ2n) is 5.14. The van der Waals surface area contributed by atoms with Gasteiger partial charge in [0.15, 0.2) is 0 Å². The van der Waals surface area contributed by atoms with E-state index in [0.29, 0.717) is 17.8 Å². The lowest BCUT2D eigenvalue weighted by Crippen LogP contribution is -2.20. The third kappa shape index (κ3) is 2.43. The fourth-order valence-corrected chi connectivity index (χ4v) is 2.89. The summed E-state index contributed by atoms with van der Waals surface area (Å²) in [6.07, 6.45) is 8.56. The van der Waals surface area contributed by atoms with Gasteiger partial charge in [-0.3, -0.25) is 4.79 Å². The third-order valence-electron chi connectivity index (χ3n) is 3.88. The highest BCUT2D eigenvalue weighted by atomic mass is 19.1. The standard InChI is InChI=1S/C15H15FN2O/c16-14-4-2-1-3-13(14)15(19)18-17-9-12-8-10-5-6-11(12)7-10/h1-6,9-12H,7-8H2,(H,18,19)/b17-9-/t10-,11+,12-/m1/s1. The molecule has 3 rings (SSSR count). The maximum Gasteiger partial charge on any atom is 0.274 e. The molecule has 0 spiro atoms. The zero-order valence-corrected chi connectivity index (χ0v) is 10.4. The number of allylic oxidation sites excluding steroid dienone is 2. The number of amides is 1. The first kappa shape index (κ1) is 12.1. The number of hydrazone groups is 1. The molecule has 1 saturated carbocycles. The average molecular weight is 258 g/mol. The number of rotatable bonds is 3. The summed E-state index contributed by atoms with van der Waals surface area (Å²) in [6, 6.07) is 5.89. The van der Waals surface area contributed by atoms with Crippen molar-refractivity contribution in [2.24, 2.45) is 22.9 Å². The van der Waals surface area contributed by atoms with Crippen LogP contribution in [0.1, 0.15) is 23.2 Å². The highest BCUT2D eigenvalue weighted by molar-refractivity contribution is 5.94. The van der Waals surface area contributed by atoms with Crippen LogP contribution in [0.2, 0.25) is 0 Å². The average Bonchev–Trinajstić information content (AvgIpc) is 3.01. The summed E-state index contributed by atoms with van der Waals surface area (Å²) >= 11 is 0. The highest BCUT2D eigenvalue weighted by Gasteiger charge is 2.34. The molecule has 2 aliphatic rings. The van der Waals surface area contributed by atoms with Crippen molar-refractivity contribution in [3.05, 3.63) is 47.8 Å². The molecule has 1 N–H and O–H groups in total. The third-order valence-corrected chi connectivity index (χ3v) is 3.88. The minimum atomic E-state index is -0.530. The molecule has 1 aromatic rings. The van der Waals surface area contributed by atoms with Crippen molar-refractivity contribution >= 4 is 12.1 Å². The second kappa shape index (κ2) is 4.96. The molecule has 1 amide bonds. The number of hydrogen-bond acceptors (Lipinski definition) is 2. The van der Waals surface area contributed by atoms with E-state index in [0.717, 1.165) is 6.42 Å². The van der Waals surface area contributed by atoms with E-state index in [-0.39, 0.29) is 5.56 Å². The molecule has 1 fully saturated rings. The van der Waals surface area contributed by atoms with Gasteiger partial charge in [0.1, 0.15) is 5.82 Å². The van der Waals surface area contributed by atoms with Crippen LogP contribution >= 0.6 is 0 Å². The van der Waals surface area contributed by atoms with Gasteiger partial charge < -0.3 is 0 Å². The summed E-state index contributed by atoms with van der Waals surface area (Å²) in [4.78, 5) is 11.7. The Morgan fingerprint density at radius 1 is 1.32 bits per heavy atom. The predicted octanol–water partition coefficient (Wildman–Crippen LogP) is 2.75. The minimum absolute atomic E-state index is 0.0208. The first-order valence-electron chi connectivity index (χ1n) is 6.50. The van der Waals surface area contributed by atoms with Gasteiger partial charge in [-0.15, -0.1) is 0 Å². The monoisotopic (exact) mass is 258 g/mol. The minimum Gasteiger partial charge on any atom is -0.267 e. The first-order valence-corrected chi connectivity index (χ1v) is 6.50. The summed E-state index contributed by atoms with van der Waals surface area (Å²) in [5.41, 5.74) is 2.41. The number of hydrogen-bond donors (Lipinski definition) is 1. The van der Waals surface area contributed by atoms with Gasteiger partial charge in [0.05, 0.1) is 5.56 Å². The van der Waals surface area contributed by atoms with Gasteiger partial charge in [0.2, 0.25) is 0 Å². The Kier molecular flexibility index (Phi) is 3.15. The van der Waals surface area contributed by atoms with Crippen LogP contribution in [0.15, 0.2) is 41.5 Å². The van der Waals surface area contributed by atoms with Crippen LogP contribution < -0.4 is 5.43 Å². The number of carbonyl (C=O) groups excluding carboxylic acids is 1. The molecule has 98 valence electrons. The topological polar surface area (TPSA) is 41.5 Å². The van der Waals surface area contributed by atoms with E-state index in [4.69, 9.17) is 0 Å². The zero-order valence-electron chi connectivity index (χ0n) is 10.4. The lowest BCUT2D eigenvalue weighted by molar-refractivity contribution is 0.0951. The van der Waals surface area contributed by atoms with Crippen LogP contribution in [0.5, 0.6) is 0 Å². The number of fused-ring (bicyclic) bond motifs is 2. The first-order chi connectivity index (χ1) is 9.24. The van der Waals surface area contributed by atoms with Crippen LogP contribution in [0.3, 0.4) is 0 Å². The summed E-state index contributed by atoms with van der Waals surface area (Å²) < 4.78 is 13.4. The van der Waals surface area contributed by atoms with Crippen molar-refractivity contribution in [3.8, 4) is 0 Å². The van der Waals surface area contributed by atoms with Crippen molar-refractivity contribution in [1.82, 2.24) is 5.43 Å². The molecule has 1 aromatic carbocycles. The molecule has 2 bridgehead atoms. The summed E-state index contributed by atoms with van der Waals surface area (Å²) in [7, 11) is 0. The fraction of sp³-hybridized carbons (Fsp3) is 0.333. The van der Waals surface area contributed by atoms with Crippen molar-refractivity contribution < 1.29 is 9.18 Å². The van der Waals surface area contributed by atoms with E-state index in [1.807, 2.05) is 0 Å². The Labute approximate surface area is 111 Å². The smallest absolute Gasteiger partial charge is 0.267 e. The van der Waals surface area contributed by atoms with Gasteiger partial charge in [0, 0.05) is 12.1 Å². The summed E-state index contributed by atoms with van der Waals surface area (Å²) in [5.74, 6) is 0.588. The van der Waals surface area contributed by atoms with E-state index in [1.54, 1.807) is 18.3 Å². The molecule has 0 saturated heterocycles. The van der Waals surface area contributed by atoms with Crippen LogP contribution in [0, 0.1) is 23.6 Å². The number of nitrogens with one attached hydrogen (secondary N) is 1. The van der Waals surface area contributed by atoms with Gasteiger partial charge in [-0.05, 0) is 36.8 Å². The molecule has 0 radical (unpaired) electrons. The Morgan fingerprint density at radius 3 is 2.84 bits per heavy atom. The Hall–Kier alpha value is -1.97. The van der Waals surface area contributed by atoms with Gasteiger partial charge in [-0.2, -0.15) is 5.10 Å². The quantitative estimate of drug-likeness (QED) is 0.505. The van der Waals surface area contributed by atoms with Crippen molar-refractivity contribution in [3.63, 3.8) is 0 Å². The van der Waals surface area contributed by atoms with Crippen molar-refractivity contribution in [2.75, 3.05) is 0 Å². The summed E-state index contributed by atoms with van der Waals surface area (Å²) in [6.45, 7) is 0. The fourth-order valence-electron chi connectivity index (χ4n) is 2.89. The molecular formula is C15H15FN2O. The van der Waals surface area contributed by atoms with Gasteiger partial charge in [-0.1, -0.05) is 24.3 Å². The molecule has 0 aromatic heterocycles. The molecule has 0 heterocycles. The highest BCUT2D eigenvalue weighted by Crippen LogP contribution is 2.42. The maximum atomic E-state index is 13.4. The SMILES string of the molecule is O=C(N/N=C\[C@H]1C[C@@H]2C=C[C@H]1C2)c1ccccc1F. The molecule has 3 atom stereocenters. The largest absolute Gasteiger partial charge is 0.274 e. The van der Waals surface area contributed by atoms with E-state index in [2.05, 4.69) is 22.7 Å². The lowest BCUT2D eigenvalue weighted by atomic mass is 9.95. The van der Waals surface area contributed by atoms with Crippen molar-refractivity contribution in [1.29, 1.82) is 0 Å². The van der Waals surface area contributed by atoms with E-state index in [9.17, 15) is 9.18 Å². The van der Waals surface area contributed by atoms with Crippen molar-refractivity contribution in [2.45, 2.75) is 12.8 Å². The Bertz CT molecular complexity index is 553. The Morgan fingerprint density at radius 2 is 2.16 bits per heavy atom. The van der Waals surface area contributed by atoms with Crippen LogP contribution in [0.25, 0.3) is 0 Å². The number of benzene rings is 1. The number of carbonyl (C=O) groups is 1. The number of nitrogens with zero attached hydrogens (tertiary/aromatic N) is 1. The molecule has 3 nitrogen and oxygen atoms in total. The van der Waals surface area contributed by atoms with Gasteiger partial charge in [-0.25, -0.2) is 9.82 Å². The Balaban J connectivity index is 1.59. The zero-order chi connectivity index (χ0) is 13.2. The van der Waals surface area contributed by atoms with E-state index < -0.39 is 11.7 Å². The maximum absolute atomic E-state index is 13.4.